The summed E-state index contributed by atoms with van der Waals surface area (Å²) in [6.07, 6.45) is 4.13. The van der Waals surface area contributed by atoms with Gasteiger partial charge in [0.1, 0.15) is 42.3 Å². The van der Waals surface area contributed by atoms with Crippen LogP contribution in [0, 0.1) is 5.92 Å². The molecule has 0 spiro atoms. The van der Waals surface area contributed by atoms with Gasteiger partial charge < -0.3 is 53.7 Å². The second kappa shape index (κ2) is 26.7. The molecule has 378 valence electrons. The number of fused-ring (bicyclic) bond motifs is 2. The van der Waals surface area contributed by atoms with Gasteiger partial charge in [-0.2, -0.15) is 11.8 Å². The van der Waals surface area contributed by atoms with Crippen LogP contribution in [0.25, 0.3) is 21.7 Å². The molecular weight excluding hydrogens is 925 g/mol. The van der Waals surface area contributed by atoms with Gasteiger partial charge in [0.05, 0.1) is 6.54 Å². The molecule has 1 aromatic heterocycles. The van der Waals surface area contributed by atoms with E-state index in [-0.39, 0.29) is 44.6 Å². The van der Waals surface area contributed by atoms with Gasteiger partial charge in [0.2, 0.25) is 47.3 Å². The van der Waals surface area contributed by atoms with Gasteiger partial charge in [-0.3, -0.25) is 38.4 Å². The fourth-order valence-electron chi connectivity index (χ4n) is 8.06. The number of carbonyl (C=O) groups excluding carboxylic acids is 8. The van der Waals surface area contributed by atoms with Crippen molar-refractivity contribution in [1.29, 1.82) is 0 Å². The first-order valence-electron chi connectivity index (χ1n) is 23.6. The molecule has 7 atom stereocenters. The third-order valence-corrected chi connectivity index (χ3v) is 12.5. The fourth-order valence-corrected chi connectivity index (χ4v) is 8.53. The number of hydrogen-bond donors (Lipinski definition) is 10. The number of thioether (sulfide) groups is 1. The largest absolute Gasteiger partial charge is 0.368 e. The molecule has 8 amide bonds. The van der Waals surface area contributed by atoms with E-state index in [0.29, 0.717) is 16.9 Å². The Morgan fingerprint density at radius 2 is 1.04 bits per heavy atom. The smallest absolute Gasteiger partial charge is 0.243 e. The zero-order valence-electron chi connectivity index (χ0n) is 40.7. The summed E-state index contributed by atoms with van der Waals surface area (Å²) in [6.45, 7) is 6.32. The van der Waals surface area contributed by atoms with Crippen LogP contribution in [0.2, 0.25) is 0 Å². The number of aromatic amines is 1. The predicted molar refractivity (Wildman–Crippen MR) is 275 cm³/mol. The summed E-state index contributed by atoms with van der Waals surface area (Å²) < 4.78 is 0. The third kappa shape index (κ3) is 16.1. The van der Waals surface area contributed by atoms with Gasteiger partial charge in [0, 0.05) is 36.4 Å². The molecule has 0 bridgehead atoms. The van der Waals surface area contributed by atoms with Gasteiger partial charge in [0.25, 0.3) is 0 Å². The molecule has 0 saturated carbocycles. The Hall–Kier alpha value is -7.25. The van der Waals surface area contributed by atoms with Crippen molar-refractivity contribution in [3.63, 3.8) is 0 Å². The zero-order valence-corrected chi connectivity index (χ0v) is 41.5. The highest BCUT2D eigenvalue weighted by molar-refractivity contribution is 7.98. The average molecular weight is 991 g/mol. The lowest BCUT2D eigenvalue weighted by Gasteiger charge is -2.27. The molecule has 12 N–H and O–H groups in total. The number of H-pyrrole nitrogens is 1. The van der Waals surface area contributed by atoms with Crippen molar-refractivity contribution < 1.29 is 38.4 Å². The van der Waals surface area contributed by atoms with Crippen molar-refractivity contribution in [2.24, 2.45) is 17.4 Å². The number of hydrogen-bond acceptors (Lipinski definition) is 10. The Morgan fingerprint density at radius 3 is 1.65 bits per heavy atom. The van der Waals surface area contributed by atoms with Crippen LogP contribution in [0.1, 0.15) is 57.2 Å². The highest BCUT2D eigenvalue weighted by Gasteiger charge is 2.33. The first-order chi connectivity index (χ1) is 34.0. The van der Waals surface area contributed by atoms with E-state index in [4.69, 9.17) is 11.5 Å². The number of aromatic nitrogens is 1. The van der Waals surface area contributed by atoms with Crippen LogP contribution in [0.15, 0.2) is 103 Å². The van der Waals surface area contributed by atoms with E-state index >= 15 is 0 Å². The molecule has 0 radical (unpaired) electrons. The van der Waals surface area contributed by atoms with Crippen LogP contribution in [0.3, 0.4) is 0 Å². The highest BCUT2D eigenvalue weighted by Crippen LogP contribution is 2.22. The van der Waals surface area contributed by atoms with Crippen LogP contribution < -0.4 is 48.7 Å². The number of nitrogens with two attached hydrogens (primary N) is 2. The third-order valence-electron chi connectivity index (χ3n) is 11.9. The molecule has 5 rings (SSSR count). The van der Waals surface area contributed by atoms with Crippen LogP contribution in [0.5, 0.6) is 0 Å². The standard InChI is InChI=1S/C52H66N10O8S/c1-30(2)24-41(46(54)64)59-51(69)42(25-33-14-7-6-8-15-33)62-52(70)44(27-36-29-55-39-21-12-11-20-38(36)39)61-48(66)32(4)57-50(68)43(26-35-18-13-17-34-16-9-10-19-37(34)35)60-47(65)31(3)56-49(67)40(22-23-71-5)58-45(63)28-53/h6-21,29-32,40-44,55H,22-28,53H2,1-5H3,(H2,54,64)(H,56,67)(H,57,68)(H,58,63)(H,59,69)(H,60,65)(H,61,66)(H,62,70)/t31-,32-,40-,41-,42+,43+,44-/m0/s1. The van der Waals surface area contributed by atoms with Gasteiger partial charge in [-0.1, -0.05) is 105 Å². The number of primary amides is 1. The Morgan fingerprint density at radius 1 is 0.535 bits per heavy atom. The quantitative estimate of drug-likeness (QED) is 0.0385. The van der Waals surface area contributed by atoms with E-state index in [1.165, 1.54) is 25.6 Å². The normalized spacial score (nSPS) is 14.2. The lowest BCUT2D eigenvalue weighted by atomic mass is 9.98. The second-order valence-electron chi connectivity index (χ2n) is 17.9. The van der Waals surface area contributed by atoms with Crippen molar-refractivity contribution >= 4 is 80.7 Å². The van der Waals surface area contributed by atoms with Gasteiger partial charge in [0.15, 0.2) is 0 Å². The molecule has 0 fully saturated rings. The minimum atomic E-state index is -1.29. The van der Waals surface area contributed by atoms with E-state index in [9.17, 15) is 38.4 Å². The summed E-state index contributed by atoms with van der Waals surface area (Å²) in [5.74, 6) is -4.87. The molecule has 0 unspecified atom stereocenters. The maximum Gasteiger partial charge on any atom is 0.243 e. The highest BCUT2D eigenvalue weighted by atomic mass is 32.2. The minimum Gasteiger partial charge on any atom is -0.368 e. The topological polar surface area (TPSA) is 289 Å². The van der Waals surface area contributed by atoms with Crippen molar-refractivity contribution in [1.82, 2.24) is 42.2 Å². The minimum absolute atomic E-state index is 0.0128. The van der Waals surface area contributed by atoms with E-state index in [0.717, 1.165) is 27.2 Å². The van der Waals surface area contributed by atoms with E-state index in [1.54, 1.807) is 30.5 Å². The number of benzene rings is 4. The molecule has 0 aliphatic heterocycles. The van der Waals surface area contributed by atoms with E-state index in [1.807, 2.05) is 92.9 Å². The molecule has 0 aliphatic carbocycles. The summed E-state index contributed by atoms with van der Waals surface area (Å²) >= 11 is 1.48. The Labute approximate surface area is 417 Å². The fraction of sp³-hybridized carbons (Fsp3) is 0.385. The molecule has 4 aromatic carbocycles. The van der Waals surface area contributed by atoms with Gasteiger partial charge in [-0.15, -0.1) is 0 Å². The zero-order chi connectivity index (χ0) is 51.6. The number of nitrogens with one attached hydrogen (secondary N) is 8. The molecule has 5 aromatic rings. The van der Waals surface area contributed by atoms with Crippen molar-refractivity contribution in [2.45, 2.75) is 102 Å². The first kappa shape index (κ1) is 54.7. The van der Waals surface area contributed by atoms with Gasteiger partial charge in [-0.05, 0) is 78.1 Å². The van der Waals surface area contributed by atoms with Crippen LogP contribution in [0.4, 0.5) is 0 Å². The van der Waals surface area contributed by atoms with Crippen molar-refractivity contribution in [2.75, 3.05) is 18.6 Å². The summed E-state index contributed by atoms with van der Waals surface area (Å²) in [5.41, 5.74) is 14.1. The van der Waals surface area contributed by atoms with Crippen molar-refractivity contribution in [3.05, 3.63) is 120 Å². The number of rotatable bonds is 26. The predicted octanol–water partition coefficient (Wildman–Crippen LogP) is 2.03. The molecule has 0 saturated heterocycles. The van der Waals surface area contributed by atoms with E-state index in [2.05, 4.69) is 42.2 Å². The van der Waals surface area contributed by atoms with Gasteiger partial charge in [-0.25, -0.2) is 0 Å². The summed E-state index contributed by atoms with van der Waals surface area (Å²) in [5, 5.41) is 21.5. The van der Waals surface area contributed by atoms with Crippen LogP contribution in [-0.4, -0.2) is 113 Å². The molecule has 19 heteroatoms. The number of amides is 8. The molecule has 18 nitrogen and oxygen atoms in total. The number of carbonyl (C=O) groups is 8. The Balaban J connectivity index is 1.39. The van der Waals surface area contributed by atoms with Crippen LogP contribution in [-0.2, 0) is 57.6 Å². The Kier molecular flexibility index (Phi) is 20.5. The maximum atomic E-state index is 14.5. The Bertz CT molecular complexity index is 2660. The average Bonchev–Trinajstić information content (AvgIpc) is 3.76. The summed E-state index contributed by atoms with van der Waals surface area (Å²) in [6, 6.07) is 21.4. The van der Waals surface area contributed by atoms with Crippen molar-refractivity contribution in [3.8, 4) is 0 Å². The summed E-state index contributed by atoms with van der Waals surface area (Å²) in [7, 11) is 0. The number of para-hydroxylation sites is 1. The lowest BCUT2D eigenvalue weighted by molar-refractivity contribution is -0.135. The molecule has 1 heterocycles. The van der Waals surface area contributed by atoms with Crippen LogP contribution >= 0.6 is 11.8 Å². The second-order valence-corrected chi connectivity index (χ2v) is 18.9. The molecular formula is C52H66N10O8S. The first-order valence-corrected chi connectivity index (χ1v) is 25.0. The van der Waals surface area contributed by atoms with E-state index < -0.39 is 89.6 Å². The monoisotopic (exact) mass is 990 g/mol. The SMILES string of the molecule is CSCC[C@H](NC(=O)CN)C(=O)N[C@@H](C)C(=O)N[C@H](Cc1cccc2ccccc12)C(=O)N[C@@H](C)C(=O)N[C@@H](Cc1c[nH]c2ccccc12)C(=O)N[C@H](Cc1ccccc1)C(=O)N[C@@H](CC(C)C)C(N)=O. The lowest BCUT2D eigenvalue weighted by Crippen LogP contribution is -2.60. The summed E-state index contributed by atoms with van der Waals surface area (Å²) in [4.78, 5) is 112. The maximum absolute atomic E-state index is 14.5. The molecule has 0 aliphatic rings. The molecule has 71 heavy (non-hydrogen) atoms. The van der Waals surface area contributed by atoms with Gasteiger partial charge >= 0.3 is 0 Å².